The van der Waals surface area contributed by atoms with E-state index >= 15 is 0 Å². The van der Waals surface area contributed by atoms with Gasteiger partial charge in [0.15, 0.2) is 0 Å². The van der Waals surface area contributed by atoms with Crippen LogP contribution in [0.3, 0.4) is 0 Å². The van der Waals surface area contributed by atoms with Crippen molar-refractivity contribution < 1.29 is 28.4 Å². The van der Waals surface area contributed by atoms with Gasteiger partial charge in [0, 0.05) is 6.61 Å². The van der Waals surface area contributed by atoms with Gasteiger partial charge in [-0.2, -0.15) is 0 Å². The molecule has 0 aliphatic heterocycles. The zero-order valence-corrected chi connectivity index (χ0v) is 17.5. The van der Waals surface area contributed by atoms with Crippen LogP contribution < -0.4 is 0 Å². The maximum atomic E-state index is 5.53. The number of ether oxygens (including phenoxy) is 6. The van der Waals surface area contributed by atoms with Crippen molar-refractivity contribution in [1.82, 2.24) is 0 Å². The third-order valence-corrected chi connectivity index (χ3v) is 3.49. The molecular weight excluding hydrogens is 336 g/mol. The molecule has 0 spiro atoms. The molecule has 0 aromatic heterocycles. The van der Waals surface area contributed by atoms with E-state index in [-0.39, 0.29) is 6.10 Å². The molecule has 0 unspecified atom stereocenters. The molecule has 0 atom stereocenters. The highest BCUT2D eigenvalue weighted by Gasteiger charge is 1.96. The lowest BCUT2D eigenvalue weighted by Gasteiger charge is -2.09. The van der Waals surface area contributed by atoms with E-state index in [1.807, 2.05) is 13.8 Å². The molecule has 6 heteroatoms. The number of rotatable bonds is 21. The van der Waals surface area contributed by atoms with E-state index in [4.69, 9.17) is 28.4 Å². The Kier molecular flexibility index (Phi) is 20.9. The fourth-order valence-corrected chi connectivity index (χ4v) is 2.08. The Morgan fingerprint density at radius 1 is 0.462 bits per heavy atom. The van der Waals surface area contributed by atoms with Crippen molar-refractivity contribution in [2.45, 2.75) is 53.1 Å². The fourth-order valence-electron chi connectivity index (χ4n) is 2.08. The van der Waals surface area contributed by atoms with Gasteiger partial charge in [0.2, 0.25) is 0 Å². The highest BCUT2D eigenvalue weighted by atomic mass is 16.6. The van der Waals surface area contributed by atoms with Crippen molar-refractivity contribution in [3.63, 3.8) is 0 Å². The fraction of sp³-hybridized carbons (Fsp3) is 1.00. The zero-order chi connectivity index (χ0) is 19.3. The van der Waals surface area contributed by atoms with E-state index in [0.717, 1.165) is 18.9 Å². The smallest absolute Gasteiger partial charge is 0.0703 e. The van der Waals surface area contributed by atoms with E-state index in [9.17, 15) is 0 Å². The van der Waals surface area contributed by atoms with Crippen molar-refractivity contribution in [2.24, 2.45) is 5.92 Å². The number of unbranched alkanes of at least 4 members (excludes halogenated alkanes) is 1. The van der Waals surface area contributed by atoms with E-state index < -0.39 is 0 Å². The Hall–Kier alpha value is -0.240. The maximum absolute atomic E-state index is 5.53. The van der Waals surface area contributed by atoms with Crippen LogP contribution in [0, 0.1) is 5.92 Å². The quantitative estimate of drug-likeness (QED) is 0.286. The molecule has 0 heterocycles. The van der Waals surface area contributed by atoms with Crippen LogP contribution in [0.5, 0.6) is 0 Å². The van der Waals surface area contributed by atoms with Gasteiger partial charge in [0.1, 0.15) is 0 Å². The van der Waals surface area contributed by atoms with Gasteiger partial charge in [-0.3, -0.25) is 0 Å². The van der Waals surface area contributed by atoms with Crippen LogP contribution in [0.25, 0.3) is 0 Å². The first-order valence-electron chi connectivity index (χ1n) is 10.1. The summed E-state index contributed by atoms with van der Waals surface area (Å²) in [5.74, 6) is 0.784. The Labute approximate surface area is 160 Å². The van der Waals surface area contributed by atoms with Crippen LogP contribution in [-0.2, 0) is 28.4 Å². The zero-order valence-electron chi connectivity index (χ0n) is 17.5. The average molecular weight is 379 g/mol. The minimum atomic E-state index is 0.253. The SMILES string of the molecule is CC(C)CCCCOCCOCCOCCOCCOCCOC(C)C. The summed E-state index contributed by atoms with van der Waals surface area (Å²) in [6.07, 6.45) is 3.91. The first-order valence-corrected chi connectivity index (χ1v) is 10.1. The topological polar surface area (TPSA) is 55.4 Å². The minimum absolute atomic E-state index is 0.253. The molecule has 0 bridgehead atoms. The second kappa shape index (κ2) is 21.1. The second-order valence-electron chi connectivity index (χ2n) is 6.87. The Bertz CT molecular complexity index is 235. The molecular formula is C20H42O6. The normalized spacial score (nSPS) is 11.8. The summed E-state index contributed by atoms with van der Waals surface area (Å²) >= 11 is 0. The minimum Gasteiger partial charge on any atom is -0.379 e. The maximum Gasteiger partial charge on any atom is 0.0703 e. The van der Waals surface area contributed by atoms with Crippen molar-refractivity contribution >= 4 is 0 Å². The lowest BCUT2D eigenvalue weighted by molar-refractivity contribution is -0.0213. The molecule has 158 valence electrons. The first-order chi connectivity index (χ1) is 12.6. The Morgan fingerprint density at radius 3 is 1.23 bits per heavy atom. The van der Waals surface area contributed by atoms with Gasteiger partial charge in [-0.1, -0.05) is 26.7 Å². The largest absolute Gasteiger partial charge is 0.379 e. The van der Waals surface area contributed by atoms with E-state index in [1.165, 1.54) is 12.8 Å². The molecule has 0 aromatic rings. The van der Waals surface area contributed by atoms with E-state index in [1.54, 1.807) is 0 Å². The second-order valence-corrected chi connectivity index (χ2v) is 6.87. The molecule has 0 fully saturated rings. The van der Waals surface area contributed by atoms with Crippen LogP contribution in [0.2, 0.25) is 0 Å². The third-order valence-electron chi connectivity index (χ3n) is 3.49. The molecule has 0 N–H and O–H groups in total. The van der Waals surface area contributed by atoms with Gasteiger partial charge >= 0.3 is 0 Å². The van der Waals surface area contributed by atoms with Crippen molar-refractivity contribution in [3.05, 3.63) is 0 Å². The Morgan fingerprint density at radius 2 is 0.846 bits per heavy atom. The first kappa shape index (κ1) is 25.8. The molecule has 0 saturated heterocycles. The summed E-state index contributed by atoms with van der Waals surface area (Å²) in [7, 11) is 0. The summed E-state index contributed by atoms with van der Waals surface area (Å²) in [6.45, 7) is 15.4. The molecule has 0 saturated carbocycles. The molecule has 0 aliphatic carbocycles. The molecule has 0 aliphatic rings. The van der Waals surface area contributed by atoms with Crippen LogP contribution in [-0.4, -0.2) is 78.8 Å². The van der Waals surface area contributed by atoms with Crippen LogP contribution in [0.15, 0.2) is 0 Å². The lowest BCUT2D eigenvalue weighted by atomic mass is 10.1. The van der Waals surface area contributed by atoms with Crippen LogP contribution in [0.1, 0.15) is 47.0 Å². The van der Waals surface area contributed by atoms with E-state index in [0.29, 0.717) is 66.1 Å². The van der Waals surface area contributed by atoms with Gasteiger partial charge in [0.05, 0.1) is 72.2 Å². The summed E-state index contributed by atoms with van der Waals surface area (Å²) in [5.41, 5.74) is 0. The molecule has 26 heavy (non-hydrogen) atoms. The Balaban J connectivity index is 2.99. The van der Waals surface area contributed by atoms with Crippen molar-refractivity contribution in [3.8, 4) is 0 Å². The van der Waals surface area contributed by atoms with Crippen molar-refractivity contribution in [2.75, 3.05) is 72.7 Å². The molecule has 6 nitrogen and oxygen atoms in total. The molecule has 0 radical (unpaired) electrons. The standard InChI is InChI=1S/C20H42O6/c1-19(2)7-5-6-8-21-9-10-22-11-12-23-13-14-24-15-16-25-17-18-26-20(3)4/h19-20H,5-18H2,1-4H3. The monoisotopic (exact) mass is 378 g/mol. The van der Waals surface area contributed by atoms with Gasteiger partial charge in [-0.05, 0) is 26.2 Å². The van der Waals surface area contributed by atoms with Crippen LogP contribution in [0.4, 0.5) is 0 Å². The van der Waals surface area contributed by atoms with Gasteiger partial charge < -0.3 is 28.4 Å². The summed E-state index contributed by atoms with van der Waals surface area (Å²) in [6, 6.07) is 0. The highest BCUT2D eigenvalue weighted by molar-refractivity contribution is 4.46. The summed E-state index contributed by atoms with van der Waals surface area (Å²) in [5, 5.41) is 0. The average Bonchev–Trinajstić information content (AvgIpc) is 2.59. The summed E-state index contributed by atoms with van der Waals surface area (Å²) in [4.78, 5) is 0. The lowest BCUT2D eigenvalue weighted by Crippen LogP contribution is -2.14. The van der Waals surface area contributed by atoms with Gasteiger partial charge in [0.25, 0.3) is 0 Å². The number of hydrogen-bond acceptors (Lipinski definition) is 6. The predicted molar refractivity (Wildman–Crippen MR) is 104 cm³/mol. The molecule has 0 amide bonds. The number of hydrogen-bond donors (Lipinski definition) is 0. The van der Waals surface area contributed by atoms with Crippen molar-refractivity contribution in [1.29, 1.82) is 0 Å². The third kappa shape index (κ3) is 23.8. The van der Waals surface area contributed by atoms with Gasteiger partial charge in [-0.25, -0.2) is 0 Å². The predicted octanol–water partition coefficient (Wildman–Crippen LogP) is 3.32. The van der Waals surface area contributed by atoms with Crippen LogP contribution >= 0.6 is 0 Å². The highest BCUT2D eigenvalue weighted by Crippen LogP contribution is 2.05. The van der Waals surface area contributed by atoms with Gasteiger partial charge in [-0.15, -0.1) is 0 Å². The molecule has 0 aromatic carbocycles. The summed E-state index contributed by atoms with van der Waals surface area (Å²) < 4.78 is 32.6. The molecule has 0 rings (SSSR count). The van der Waals surface area contributed by atoms with E-state index in [2.05, 4.69) is 13.8 Å².